The summed E-state index contributed by atoms with van der Waals surface area (Å²) in [5.74, 6) is 0.425. The highest BCUT2D eigenvalue weighted by Crippen LogP contribution is 2.38. The number of rotatable bonds is 6. The van der Waals surface area contributed by atoms with Crippen LogP contribution < -0.4 is 14.8 Å². The number of nitrogens with one attached hydrogen (secondary N) is 2. The minimum atomic E-state index is -4.26. The molecule has 0 unspecified atom stereocenters. The van der Waals surface area contributed by atoms with E-state index >= 15 is 0 Å². The van der Waals surface area contributed by atoms with Crippen LogP contribution in [0.3, 0.4) is 0 Å². The van der Waals surface area contributed by atoms with E-state index < -0.39 is 21.7 Å². The lowest BCUT2D eigenvalue weighted by Crippen LogP contribution is -2.35. The van der Waals surface area contributed by atoms with Gasteiger partial charge in [-0.05, 0) is 48.1 Å². The molecule has 1 aliphatic rings. The van der Waals surface area contributed by atoms with Crippen molar-refractivity contribution in [2.75, 3.05) is 12.4 Å². The second-order valence-corrected chi connectivity index (χ2v) is 9.96. The topological polar surface area (TPSA) is 120 Å². The van der Waals surface area contributed by atoms with E-state index in [9.17, 15) is 13.2 Å². The molecule has 2 aromatic heterocycles. The fourth-order valence-electron chi connectivity index (χ4n) is 3.86. The van der Waals surface area contributed by atoms with E-state index in [1.807, 2.05) is 16.9 Å². The largest absolute Gasteiger partial charge is 0.481 e. The third kappa shape index (κ3) is 4.45. The Morgan fingerprint density at radius 2 is 2.03 bits per heavy atom. The van der Waals surface area contributed by atoms with Crippen LogP contribution in [0.25, 0.3) is 16.0 Å². The standard InChI is InChI=1S/C23H24N6O4S/c1-23(2,24-3)29-13-11-20(27-29)34(31,32)28-22(30)26-21-17-7-5-6-15(17)8-9-18(21)16-10-12-25-19(14-16)33-4/h8-14H,5-7H2,1-2,4H3,(H2,26,28,30). The van der Waals surface area contributed by atoms with Gasteiger partial charge in [0.25, 0.3) is 10.0 Å². The number of aryl methyl sites for hydroxylation is 1. The lowest BCUT2D eigenvalue weighted by atomic mass is 9.98. The molecule has 0 bridgehead atoms. The van der Waals surface area contributed by atoms with Crippen LogP contribution in [0.5, 0.6) is 5.88 Å². The Labute approximate surface area is 197 Å². The molecule has 10 nitrogen and oxygen atoms in total. The molecule has 1 aromatic carbocycles. The Morgan fingerprint density at radius 1 is 1.24 bits per heavy atom. The quantitative estimate of drug-likeness (QED) is 0.521. The van der Waals surface area contributed by atoms with E-state index in [0.29, 0.717) is 11.6 Å². The van der Waals surface area contributed by atoms with Crippen molar-refractivity contribution in [2.45, 2.75) is 43.8 Å². The number of benzene rings is 1. The highest BCUT2D eigenvalue weighted by atomic mass is 32.2. The van der Waals surface area contributed by atoms with Gasteiger partial charge in [0.1, 0.15) is 0 Å². The Hall–Kier alpha value is -3.91. The van der Waals surface area contributed by atoms with Gasteiger partial charge in [0.05, 0.1) is 12.8 Å². The van der Waals surface area contributed by atoms with Crippen molar-refractivity contribution in [3.63, 3.8) is 0 Å². The van der Waals surface area contributed by atoms with Crippen molar-refractivity contribution in [1.82, 2.24) is 19.5 Å². The first kappa shape index (κ1) is 23.3. The lowest BCUT2D eigenvalue weighted by molar-refractivity contribution is 0.256. The molecule has 2 N–H and O–H groups in total. The van der Waals surface area contributed by atoms with Crippen LogP contribution in [0.15, 0.2) is 47.8 Å². The van der Waals surface area contributed by atoms with Crippen molar-refractivity contribution < 1.29 is 17.9 Å². The van der Waals surface area contributed by atoms with Gasteiger partial charge in [0.15, 0.2) is 5.03 Å². The molecule has 3 aromatic rings. The Balaban J connectivity index is 1.63. The number of urea groups is 1. The normalized spacial score (nSPS) is 13.1. The molecule has 176 valence electrons. The smallest absolute Gasteiger partial charge is 0.333 e. The number of fused-ring (bicyclic) bond motifs is 1. The van der Waals surface area contributed by atoms with Crippen LogP contribution in [0.2, 0.25) is 0 Å². The van der Waals surface area contributed by atoms with Crippen molar-refractivity contribution in [3.8, 4) is 17.0 Å². The number of anilines is 1. The van der Waals surface area contributed by atoms with E-state index in [0.717, 1.165) is 41.5 Å². The van der Waals surface area contributed by atoms with Gasteiger partial charge in [-0.2, -0.15) is 18.2 Å². The fraction of sp³-hybridized carbons (Fsp3) is 0.304. The summed E-state index contributed by atoms with van der Waals surface area (Å²) in [4.78, 5) is 20.4. The zero-order chi connectivity index (χ0) is 24.5. The number of nitrogens with zero attached hydrogens (tertiary/aromatic N) is 4. The molecular weight excluding hydrogens is 456 g/mol. The number of hydrogen-bond donors (Lipinski definition) is 2. The summed E-state index contributed by atoms with van der Waals surface area (Å²) in [5, 5.41) is 6.38. The molecule has 0 spiro atoms. The number of hydrogen-bond acceptors (Lipinski definition) is 6. The molecule has 0 saturated carbocycles. The second-order valence-electron chi connectivity index (χ2n) is 8.33. The zero-order valence-electron chi connectivity index (χ0n) is 19.0. The van der Waals surface area contributed by atoms with Gasteiger partial charge in [0.2, 0.25) is 5.88 Å². The van der Waals surface area contributed by atoms with Gasteiger partial charge in [-0.25, -0.2) is 21.1 Å². The summed E-state index contributed by atoms with van der Waals surface area (Å²) in [5.41, 5.74) is 3.10. The average molecular weight is 481 g/mol. The number of pyridine rings is 1. The van der Waals surface area contributed by atoms with Crippen LogP contribution >= 0.6 is 0 Å². The summed E-state index contributed by atoms with van der Waals surface area (Å²) in [7, 11) is -2.74. The number of sulfonamides is 1. The maximum Gasteiger partial charge on any atom is 0.333 e. The van der Waals surface area contributed by atoms with Crippen LogP contribution in [-0.4, -0.2) is 36.3 Å². The van der Waals surface area contributed by atoms with Crippen molar-refractivity contribution in [1.29, 1.82) is 0 Å². The van der Waals surface area contributed by atoms with E-state index in [1.165, 1.54) is 24.1 Å². The third-order valence-corrected chi connectivity index (χ3v) is 6.90. The van der Waals surface area contributed by atoms with Gasteiger partial charge in [-0.15, -0.1) is 0 Å². The third-order valence-electron chi connectivity index (χ3n) is 5.68. The SMILES string of the molecule is [C-]#[N+]C(C)(C)n1ccc(S(=O)(=O)NC(=O)Nc2c(-c3ccnc(OC)c3)ccc3c2CCC3)n1. The number of amides is 2. The maximum absolute atomic E-state index is 12.8. The van der Waals surface area contributed by atoms with Gasteiger partial charge < -0.3 is 10.1 Å². The Bertz CT molecular complexity index is 1410. The van der Waals surface area contributed by atoms with E-state index in [-0.39, 0.29) is 5.03 Å². The Kier molecular flexibility index (Phi) is 6.01. The second kappa shape index (κ2) is 8.79. The van der Waals surface area contributed by atoms with Gasteiger partial charge in [-0.3, -0.25) is 4.85 Å². The predicted octanol–water partition coefficient (Wildman–Crippen LogP) is 3.56. The molecule has 0 saturated heterocycles. The molecule has 2 amide bonds. The minimum absolute atomic E-state index is 0.350. The minimum Gasteiger partial charge on any atom is -0.481 e. The van der Waals surface area contributed by atoms with E-state index in [2.05, 4.69) is 20.2 Å². The molecule has 0 atom stereocenters. The molecule has 2 heterocycles. The number of aromatic nitrogens is 3. The summed E-state index contributed by atoms with van der Waals surface area (Å²) in [6.07, 6.45) is 5.60. The van der Waals surface area contributed by atoms with E-state index in [4.69, 9.17) is 11.3 Å². The molecule has 1 aliphatic carbocycles. The van der Waals surface area contributed by atoms with Crippen molar-refractivity contribution in [2.24, 2.45) is 0 Å². The summed E-state index contributed by atoms with van der Waals surface area (Å²) < 4.78 is 34.1. The molecule has 4 rings (SSSR count). The van der Waals surface area contributed by atoms with Gasteiger partial charge in [-0.1, -0.05) is 12.1 Å². The number of carbonyl (C=O) groups is 1. The van der Waals surface area contributed by atoms with Crippen molar-refractivity contribution in [3.05, 3.63) is 65.3 Å². The van der Waals surface area contributed by atoms with Crippen LogP contribution in [0, 0.1) is 6.57 Å². The maximum atomic E-state index is 12.8. The molecule has 0 radical (unpaired) electrons. The monoisotopic (exact) mass is 480 g/mol. The van der Waals surface area contributed by atoms with E-state index in [1.54, 1.807) is 32.2 Å². The summed E-state index contributed by atoms with van der Waals surface area (Å²) >= 11 is 0. The van der Waals surface area contributed by atoms with Gasteiger partial charge in [0, 0.05) is 37.9 Å². The fourth-order valence-corrected chi connectivity index (χ4v) is 4.69. The Morgan fingerprint density at radius 3 is 2.76 bits per heavy atom. The molecule has 0 fully saturated rings. The first-order chi connectivity index (χ1) is 16.1. The van der Waals surface area contributed by atoms with Crippen LogP contribution in [0.1, 0.15) is 31.4 Å². The van der Waals surface area contributed by atoms with Crippen LogP contribution in [0.4, 0.5) is 10.5 Å². The average Bonchev–Trinajstić information content (AvgIpc) is 3.50. The molecule has 0 aliphatic heterocycles. The highest BCUT2D eigenvalue weighted by Gasteiger charge is 2.30. The zero-order valence-corrected chi connectivity index (χ0v) is 19.8. The molecule has 34 heavy (non-hydrogen) atoms. The first-order valence-corrected chi connectivity index (χ1v) is 12.1. The number of methoxy groups -OCH3 is 1. The highest BCUT2D eigenvalue weighted by molar-refractivity contribution is 7.90. The van der Waals surface area contributed by atoms with Crippen LogP contribution in [-0.2, 0) is 28.5 Å². The lowest BCUT2D eigenvalue weighted by Gasteiger charge is -2.17. The first-order valence-electron chi connectivity index (χ1n) is 10.6. The van der Waals surface area contributed by atoms with Gasteiger partial charge >= 0.3 is 11.7 Å². The summed E-state index contributed by atoms with van der Waals surface area (Å²) in [6, 6.07) is 7.82. The predicted molar refractivity (Wildman–Crippen MR) is 126 cm³/mol. The number of ether oxygens (including phenoxy) is 1. The molecule has 11 heteroatoms. The van der Waals surface area contributed by atoms with Crippen molar-refractivity contribution >= 4 is 21.7 Å². The number of carbonyl (C=O) groups excluding carboxylic acids is 1. The molecular formula is C23H24N6O4S. The summed E-state index contributed by atoms with van der Waals surface area (Å²) in [6.45, 7) is 10.5.